The van der Waals surface area contributed by atoms with Crippen molar-refractivity contribution in [1.29, 1.82) is 5.26 Å². The van der Waals surface area contributed by atoms with Gasteiger partial charge in [0, 0.05) is 26.2 Å². The third-order valence-electron chi connectivity index (χ3n) is 2.54. The SMILES string of the molecule is CC(C)C(C#N)C(=O)NCCc1ccn(C)n1. The van der Waals surface area contributed by atoms with Crippen LogP contribution in [0.2, 0.25) is 0 Å². The molecule has 5 nitrogen and oxygen atoms in total. The Morgan fingerprint density at radius 1 is 1.65 bits per heavy atom. The van der Waals surface area contributed by atoms with Crippen molar-refractivity contribution in [3.8, 4) is 6.07 Å². The number of amides is 1. The van der Waals surface area contributed by atoms with E-state index in [1.165, 1.54) is 0 Å². The lowest BCUT2D eigenvalue weighted by atomic mass is 9.97. The van der Waals surface area contributed by atoms with Gasteiger partial charge in [-0.05, 0) is 12.0 Å². The number of carbonyl (C=O) groups is 1. The van der Waals surface area contributed by atoms with Gasteiger partial charge in [0.1, 0.15) is 5.92 Å². The Balaban J connectivity index is 2.36. The number of hydrogen-bond acceptors (Lipinski definition) is 3. The highest BCUT2D eigenvalue weighted by molar-refractivity contribution is 5.81. The van der Waals surface area contributed by atoms with Crippen molar-refractivity contribution < 1.29 is 4.79 Å². The molecule has 1 N–H and O–H groups in total. The minimum absolute atomic E-state index is 0.0369. The molecule has 1 rings (SSSR count). The number of rotatable bonds is 5. The van der Waals surface area contributed by atoms with Crippen molar-refractivity contribution >= 4 is 5.91 Å². The number of nitrogens with zero attached hydrogens (tertiary/aromatic N) is 3. The number of aromatic nitrogens is 2. The van der Waals surface area contributed by atoms with E-state index in [1.54, 1.807) is 4.68 Å². The van der Waals surface area contributed by atoms with Gasteiger partial charge in [0.25, 0.3) is 0 Å². The van der Waals surface area contributed by atoms with E-state index in [-0.39, 0.29) is 11.8 Å². The van der Waals surface area contributed by atoms with Crippen molar-refractivity contribution in [3.05, 3.63) is 18.0 Å². The van der Waals surface area contributed by atoms with Gasteiger partial charge in [-0.15, -0.1) is 0 Å². The van der Waals surface area contributed by atoms with Crippen LogP contribution in [0.25, 0.3) is 0 Å². The zero-order valence-corrected chi connectivity index (χ0v) is 10.5. The maximum atomic E-state index is 11.7. The maximum Gasteiger partial charge on any atom is 0.237 e. The molecular weight excluding hydrogens is 216 g/mol. The minimum Gasteiger partial charge on any atom is -0.355 e. The third-order valence-corrected chi connectivity index (χ3v) is 2.54. The normalized spacial score (nSPS) is 12.2. The number of nitrogens with one attached hydrogen (secondary N) is 1. The monoisotopic (exact) mass is 234 g/mol. The minimum atomic E-state index is -0.571. The summed E-state index contributed by atoms with van der Waals surface area (Å²) in [4.78, 5) is 11.7. The number of nitriles is 1. The van der Waals surface area contributed by atoms with Crippen LogP contribution in [0.5, 0.6) is 0 Å². The van der Waals surface area contributed by atoms with Gasteiger partial charge in [0.15, 0.2) is 0 Å². The second-order valence-electron chi connectivity index (χ2n) is 4.37. The fourth-order valence-corrected chi connectivity index (χ4v) is 1.53. The van der Waals surface area contributed by atoms with Crippen LogP contribution in [0.15, 0.2) is 12.3 Å². The number of carbonyl (C=O) groups excluding carboxylic acids is 1. The number of hydrogen-bond donors (Lipinski definition) is 1. The van der Waals surface area contributed by atoms with Gasteiger partial charge in [0.05, 0.1) is 11.8 Å². The summed E-state index contributed by atoms with van der Waals surface area (Å²) in [6.07, 6.45) is 2.55. The molecule has 17 heavy (non-hydrogen) atoms. The van der Waals surface area contributed by atoms with Crippen LogP contribution >= 0.6 is 0 Å². The average molecular weight is 234 g/mol. The second-order valence-corrected chi connectivity index (χ2v) is 4.37. The second kappa shape index (κ2) is 6.04. The summed E-state index contributed by atoms with van der Waals surface area (Å²) in [7, 11) is 1.85. The van der Waals surface area contributed by atoms with Gasteiger partial charge in [-0.2, -0.15) is 10.4 Å². The van der Waals surface area contributed by atoms with Crippen LogP contribution < -0.4 is 5.32 Å². The van der Waals surface area contributed by atoms with E-state index in [0.29, 0.717) is 13.0 Å². The molecule has 0 radical (unpaired) electrons. The molecule has 92 valence electrons. The number of aryl methyl sites for hydroxylation is 1. The van der Waals surface area contributed by atoms with E-state index in [4.69, 9.17) is 5.26 Å². The van der Waals surface area contributed by atoms with Crippen molar-refractivity contribution in [3.63, 3.8) is 0 Å². The molecule has 1 heterocycles. The highest BCUT2D eigenvalue weighted by Gasteiger charge is 2.20. The zero-order chi connectivity index (χ0) is 12.8. The molecule has 0 fully saturated rings. The lowest BCUT2D eigenvalue weighted by Gasteiger charge is -2.12. The summed E-state index contributed by atoms with van der Waals surface area (Å²) in [6, 6.07) is 3.94. The van der Waals surface area contributed by atoms with Gasteiger partial charge in [0.2, 0.25) is 5.91 Å². The fraction of sp³-hybridized carbons (Fsp3) is 0.583. The Bertz CT molecular complexity index is 416. The molecular formula is C12H18N4O. The molecule has 1 atom stereocenters. The van der Waals surface area contributed by atoms with Crippen molar-refractivity contribution in [2.75, 3.05) is 6.54 Å². The lowest BCUT2D eigenvalue weighted by molar-refractivity contribution is -0.124. The molecule has 1 aromatic heterocycles. The van der Waals surface area contributed by atoms with Crippen LogP contribution in [0, 0.1) is 23.2 Å². The van der Waals surface area contributed by atoms with Gasteiger partial charge in [-0.25, -0.2) is 0 Å². The standard InChI is InChI=1S/C12H18N4O/c1-9(2)11(8-13)12(17)14-6-4-10-5-7-16(3)15-10/h5,7,9,11H,4,6H2,1-3H3,(H,14,17). The largest absolute Gasteiger partial charge is 0.355 e. The molecule has 1 unspecified atom stereocenters. The van der Waals surface area contributed by atoms with Crippen molar-refractivity contribution in [2.45, 2.75) is 20.3 Å². The first kappa shape index (κ1) is 13.2. The van der Waals surface area contributed by atoms with Gasteiger partial charge in [-0.1, -0.05) is 13.8 Å². The smallest absolute Gasteiger partial charge is 0.237 e. The summed E-state index contributed by atoms with van der Waals surface area (Å²) in [5, 5.41) is 15.8. The van der Waals surface area contributed by atoms with Crippen molar-refractivity contribution in [1.82, 2.24) is 15.1 Å². The summed E-state index contributed by atoms with van der Waals surface area (Å²) in [6.45, 7) is 4.25. The maximum absolute atomic E-state index is 11.7. The molecule has 1 amide bonds. The van der Waals surface area contributed by atoms with Gasteiger partial charge >= 0.3 is 0 Å². The molecule has 0 aromatic carbocycles. The van der Waals surface area contributed by atoms with E-state index >= 15 is 0 Å². The van der Waals surface area contributed by atoms with Crippen LogP contribution in [-0.4, -0.2) is 22.2 Å². The highest BCUT2D eigenvalue weighted by Crippen LogP contribution is 2.09. The summed E-state index contributed by atoms with van der Waals surface area (Å²) in [5.74, 6) is -0.730. The molecule has 0 bridgehead atoms. The van der Waals surface area contributed by atoms with E-state index < -0.39 is 5.92 Å². The first-order valence-corrected chi connectivity index (χ1v) is 5.70. The molecule has 0 aliphatic heterocycles. The predicted molar refractivity (Wildman–Crippen MR) is 63.9 cm³/mol. The van der Waals surface area contributed by atoms with E-state index in [1.807, 2.05) is 39.2 Å². The van der Waals surface area contributed by atoms with Crippen LogP contribution in [0.4, 0.5) is 0 Å². The predicted octanol–water partition coefficient (Wildman–Crippen LogP) is 0.875. The van der Waals surface area contributed by atoms with Crippen LogP contribution in [0.3, 0.4) is 0 Å². The van der Waals surface area contributed by atoms with Gasteiger partial charge in [-0.3, -0.25) is 9.48 Å². The third kappa shape index (κ3) is 3.91. The fourth-order valence-electron chi connectivity index (χ4n) is 1.53. The summed E-state index contributed by atoms with van der Waals surface area (Å²) in [5.41, 5.74) is 0.936. The topological polar surface area (TPSA) is 70.7 Å². The first-order chi connectivity index (χ1) is 8.04. The Hall–Kier alpha value is -1.83. The molecule has 0 aliphatic carbocycles. The molecule has 0 spiro atoms. The Labute approximate surface area is 101 Å². The molecule has 1 aromatic rings. The van der Waals surface area contributed by atoms with Crippen LogP contribution in [0.1, 0.15) is 19.5 Å². The quantitative estimate of drug-likeness (QED) is 0.822. The van der Waals surface area contributed by atoms with Crippen molar-refractivity contribution in [2.24, 2.45) is 18.9 Å². The van der Waals surface area contributed by atoms with E-state index in [2.05, 4.69) is 10.4 Å². The lowest BCUT2D eigenvalue weighted by Crippen LogP contribution is -2.34. The first-order valence-electron chi connectivity index (χ1n) is 5.70. The summed E-state index contributed by atoms with van der Waals surface area (Å²) < 4.78 is 1.73. The molecule has 5 heteroatoms. The molecule has 0 aliphatic rings. The molecule has 0 saturated carbocycles. The van der Waals surface area contributed by atoms with E-state index in [0.717, 1.165) is 5.69 Å². The zero-order valence-electron chi connectivity index (χ0n) is 10.5. The Morgan fingerprint density at radius 3 is 2.82 bits per heavy atom. The summed E-state index contributed by atoms with van der Waals surface area (Å²) >= 11 is 0. The highest BCUT2D eigenvalue weighted by atomic mass is 16.1. The Kier molecular flexibility index (Phi) is 4.70. The van der Waals surface area contributed by atoms with Gasteiger partial charge < -0.3 is 5.32 Å². The van der Waals surface area contributed by atoms with Crippen LogP contribution in [-0.2, 0) is 18.3 Å². The van der Waals surface area contributed by atoms with E-state index in [9.17, 15) is 4.79 Å². The average Bonchev–Trinajstić information content (AvgIpc) is 2.64. The Morgan fingerprint density at radius 2 is 2.35 bits per heavy atom. The molecule has 0 saturated heterocycles.